The highest BCUT2D eigenvalue weighted by molar-refractivity contribution is 6.73. The molecule has 0 aromatic carbocycles. The smallest absolute Gasteiger partial charge is 0.146 e. The molecule has 0 N–H and O–H groups in total. The Morgan fingerprint density at radius 1 is 1.30 bits per heavy atom. The van der Waals surface area contributed by atoms with Crippen molar-refractivity contribution in [2.45, 2.75) is 32.5 Å². The SMILES string of the molecule is C[Si](C)(C)N1C=CCCC1. The van der Waals surface area contributed by atoms with Gasteiger partial charge in [0.2, 0.25) is 0 Å². The summed E-state index contributed by atoms with van der Waals surface area (Å²) in [5.74, 6) is 0. The summed E-state index contributed by atoms with van der Waals surface area (Å²) in [6.07, 6.45) is 7.21. The van der Waals surface area contributed by atoms with E-state index in [2.05, 4.69) is 36.5 Å². The van der Waals surface area contributed by atoms with Crippen LogP contribution < -0.4 is 0 Å². The Bertz CT molecular complexity index is 135. The number of hydrogen-bond donors (Lipinski definition) is 0. The summed E-state index contributed by atoms with van der Waals surface area (Å²) < 4.78 is 2.54. The predicted molar refractivity (Wildman–Crippen MR) is 48.4 cm³/mol. The molecule has 0 saturated carbocycles. The second-order valence-electron chi connectivity index (χ2n) is 3.89. The molecular formula is C8H17NSi. The molecule has 0 aromatic heterocycles. The van der Waals surface area contributed by atoms with Gasteiger partial charge in [-0.3, -0.25) is 0 Å². The first-order valence-corrected chi connectivity index (χ1v) is 7.49. The van der Waals surface area contributed by atoms with Gasteiger partial charge in [-0.2, -0.15) is 0 Å². The lowest BCUT2D eigenvalue weighted by Crippen LogP contribution is -2.43. The summed E-state index contributed by atoms with van der Waals surface area (Å²) in [4.78, 5) is 0. The molecule has 2 heteroatoms. The average molecular weight is 155 g/mol. The van der Waals surface area contributed by atoms with E-state index in [1.807, 2.05) is 0 Å². The summed E-state index contributed by atoms with van der Waals surface area (Å²) in [5, 5.41) is 0. The van der Waals surface area contributed by atoms with Gasteiger partial charge >= 0.3 is 0 Å². The van der Waals surface area contributed by atoms with Gasteiger partial charge < -0.3 is 4.57 Å². The minimum absolute atomic E-state index is 1.01. The fraction of sp³-hybridized carbons (Fsp3) is 0.750. The van der Waals surface area contributed by atoms with Gasteiger partial charge in [-0.25, -0.2) is 0 Å². The summed E-state index contributed by atoms with van der Waals surface area (Å²) in [7, 11) is -1.01. The van der Waals surface area contributed by atoms with E-state index in [4.69, 9.17) is 0 Å². The number of hydrogen-bond acceptors (Lipinski definition) is 1. The minimum Gasteiger partial charge on any atom is -0.404 e. The molecule has 0 amide bonds. The molecule has 0 bridgehead atoms. The fourth-order valence-electron chi connectivity index (χ4n) is 1.21. The molecule has 0 unspecified atom stereocenters. The normalized spacial score (nSPS) is 19.7. The van der Waals surface area contributed by atoms with Crippen molar-refractivity contribution in [1.82, 2.24) is 4.57 Å². The quantitative estimate of drug-likeness (QED) is 0.526. The average Bonchev–Trinajstić information content (AvgIpc) is 1.88. The lowest BCUT2D eigenvalue weighted by atomic mass is 10.2. The van der Waals surface area contributed by atoms with Crippen molar-refractivity contribution in [3.05, 3.63) is 12.3 Å². The van der Waals surface area contributed by atoms with Crippen molar-refractivity contribution in [3.8, 4) is 0 Å². The van der Waals surface area contributed by atoms with Gasteiger partial charge in [0.25, 0.3) is 0 Å². The Labute approximate surface area is 64.8 Å². The van der Waals surface area contributed by atoms with Gasteiger partial charge in [0.05, 0.1) is 0 Å². The van der Waals surface area contributed by atoms with E-state index < -0.39 is 8.24 Å². The molecule has 0 radical (unpaired) electrons. The monoisotopic (exact) mass is 155 g/mol. The van der Waals surface area contributed by atoms with Crippen LogP contribution in [0.2, 0.25) is 19.6 Å². The lowest BCUT2D eigenvalue weighted by molar-refractivity contribution is 0.513. The van der Waals surface area contributed by atoms with Gasteiger partial charge in [-0.1, -0.05) is 25.7 Å². The van der Waals surface area contributed by atoms with Crippen molar-refractivity contribution < 1.29 is 0 Å². The van der Waals surface area contributed by atoms with Crippen LogP contribution in [0.1, 0.15) is 12.8 Å². The van der Waals surface area contributed by atoms with E-state index in [9.17, 15) is 0 Å². The zero-order valence-corrected chi connectivity index (χ0v) is 8.22. The highest BCUT2D eigenvalue weighted by atomic mass is 28.3. The van der Waals surface area contributed by atoms with Gasteiger partial charge in [0.1, 0.15) is 8.24 Å². The Kier molecular flexibility index (Phi) is 2.19. The molecule has 0 aliphatic carbocycles. The Hall–Kier alpha value is -0.243. The maximum Gasteiger partial charge on any atom is 0.146 e. The van der Waals surface area contributed by atoms with Crippen LogP contribution in [0.3, 0.4) is 0 Å². The van der Waals surface area contributed by atoms with Crippen LogP contribution in [0.25, 0.3) is 0 Å². The van der Waals surface area contributed by atoms with Crippen molar-refractivity contribution in [2.75, 3.05) is 6.54 Å². The van der Waals surface area contributed by atoms with Gasteiger partial charge in [-0.05, 0) is 19.0 Å². The van der Waals surface area contributed by atoms with E-state index in [-0.39, 0.29) is 0 Å². The highest BCUT2D eigenvalue weighted by Crippen LogP contribution is 2.14. The molecule has 1 aliphatic rings. The van der Waals surface area contributed by atoms with Gasteiger partial charge in [-0.15, -0.1) is 0 Å². The summed E-state index contributed by atoms with van der Waals surface area (Å²) in [6, 6.07) is 0. The zero-order valence-electron chi connectivity index (χ0n) is 7.22. The van der Waals surface area contributed by atoms with Crippen LogP contribution in [0.5, 0.6) is 0 Å². The molecule has 10 heavy (non-hydrogen) atoms. The first kappa shape index (κ1) is 7.86. The molecule has 1 nitrogen and oxygen atoms in total. The highest BCUT2D eigenvalue weighted by Gasteiger charge is 2.21. The third kappa shape index (κ3) is 1.87. The minimum atomic E-state index is -1.01. The standard InChI is InChI=1S/C8H17NSi/c1-10(2,3)9-7-5-4-6-8-9/h5,7H,4,6,8H2,1-3H3. The molecule has 0 saturated heterocycles. The lowest BCUT2D eigenvalue weighted by Gasteiger charge is -2.35. The molecular weight excluding hydrogens is 138 g/mol. The van der Waals surface area contributed by atoms with Gasteiger partial charge in [0.15, 0.2) is 0 Å². The van der Waals surface area contributed by atoms with Crippen LogP contribution in [0.4, 0.5) is 0 Å². The Balaban J connectivity index is 2.55. The van der Waals surface area contributed by atoms with Gasteiger partial charge in [0, 0.05) is 6.54 Å². The maximum atomic E-state index is 2.54. The van der Waals surface area contributed by atoms with Crippen LogP contribution in [0, 0.1) is 0 Å². The largest absolute Gasteiger partial charge is 0.404 e. The zero-order chi connectivity index (χ0) is 7.61. The van der Waals surface area contributed by atoms with E-state index >= 15 is 0 Å². The Morgan fingerprint density at radius 2 is 2.00 bits per heavy atom. The Morgan fingerprint density at radius 3 is 2.30 bits per heavy atom. The summed E-state index contributed by atoms with van der Waals surface area (Å²) in [6.45, 7) is 8.46. The number of allylic oxidation sites excluding steroid dienone is 1. The number of nitrogens with zero attached hydrogens (tertiary/aromatic N) is 1. The third-order valence-electron chi connectivity index (χ3n) is 1.92. The molecule has 1 aliphatic heterocycles. The summed E-state index contributed by atoms with van der Waals surface area (Å²) in [5.41, 5.74) is 0. The second-order valence-corrected chi connectivity index (χ2v) is 8.81. The molecule has 0 atom stereocenters. The molecule has 1 rings (SSSR count). The molecule has 1 heterocycles. The molecule has 0 spiro atoms. The van der Waals surface area contributed by atoms with Crippen molar-refractivity contribution in [1.29, 1.82) is 0 Å². The van der Waals surface area contributed by atoms with E-state index in [0.29, 0.717) is 0 Å². The molecule has 58 valence electrons. The van der Waals surface area contributed by atoms with E-state index in [1.165, 1.54) is 19.4 Å². The van der Waals surface area contributed by atoms with E-state index in [0.717, 1.165) is 0 Å². The topological polar surface area (TPSA) is 3.24 Å². The van der Waals surface area contributed by atoms with E-state index in [1.54, 1.807) is 0 Å². The van der Waals surface area contributed by atoms with Crippen LogP contribution in [-0.2, 0) is 0 Å². The van der Waals surface area contributed by atoms with Crippen LogP contribution in [0.15, 0.2) is 12.3 Å². The fourth-order valence-corrected chi connectivity index (χ4v) is 2.60. The maximum absolute atomic E-state index is 2.54. The predicted octanol–water partition coefficient (Wildman–Crippen LogP) is 2.43. The second kappa shape index (κ2) is 2.78. The molecule has 0 aromatic rings. The van der Waals surface area contributed by atoms with Crippen LogP contribution in [-0.4, -0.2) is 19.3 Å². The van der Waals surface area contributed by atoms with Crippen molar-refractivity contribution in [3.63, 3.8) is 0 Å². The third-order valence-corrected chi connectivity index (χ3v) is 4.01. The first-order chi connectivity index (χ1) is 4.61. The summed E-state index contributed by atoms with van der Waals surface area (Å²) >= 11 is 0. The number of rotatable bonds is 1. The van der Waals surface area contributed by atoms with Crippen molar-refractivity contribution in [2.24, 2.45) is 0 Å². The van der Waals surface area contributed by atoms with Crippen molar-refractivity contribution >= 4 is 8.24 Å². The first-order valence-electron chi connectivity index (χ1n) is 4.04. The van der Waals surface area contributed by atoms with Crippen LogP contribution >= 0.6 is 0 Å². The molecule has 0 fully saturated rings.